The number of allylic oxidation sites excluding steroid dienone is 5. The molecule has 0 aromatic rings. The van der Waals surface area contributed by atoms with Gasteiger partial charge >= 0.3 is 0 Å². The Labute approximate surface area is 444 Å². The Hall–Kier alpha value is -1.43. The Morgan fingerprint density at radius 2 is 0.577 bits per heavy atom. The molecule has 0 saturated heterocycles. The fourth-order valence-electron chi connectivity index (χ4n) is 10.2. The Balaban J connectivity index is 3.54. The van der Waals surface area contributed by atoms with E-state index in [0.717, 1.165) is 38.5 Å². The summed E-state index contributed by atoms with van der Waals surface area (Å²) in [6, 6.07) is -0.815. The normalized spacial score (nSPS) is 13.4. The Morgan fingerprint density at radius 1 is 0.338 bits per heavy atom. The number of carbonyl (C=O) groups is 1. The monoisotopic (exact) mass is 998 g/mol. The van der Waals surface area contributed by atoms with Gasteiger partial charge in [0.1, 0.15) is 6.10 Å². The molecule has 0 fully saturated rings. The van der Waals surface area contributed by atoms with Gasteiger partial charge in [-0.1, -0.05) is 333 Å². The third kappa shape index (κ3) is 56.1. The Bertz CT molecular complexity index is 1100. The van der Waals surface area contributed by atoms with E-state index in [1.165, 1.54) is 295 Å². The van der Waals surface area contributed by atoms with Crippen LogP contribution in [0.1, 0.15) is 354 Å². The van der Waals surface area contributed by atoms with E-state index in [9.17, 15) is 20.1 Å². The van der Waals surface area contributed by atoms with Crippen molar-refractivity contribution in [3.05, 3.63) is 36.5 Å². The first-order valence-corrected chi connectivity index (χ1v) is 32.3. The van der Waals surface area contributed by atoms with Gasteiger partial charge in [-0.15, -0.1) is 0 Å². The minimum Gasteiger partial charge on any atom is -0.394 e. The maximum absolute atomic E-state index is 12.6. The van der Waals surface area contributed by atoms with Crippen LogP contribution in [0.25, 0.3) is 0 Å². The van der Waals surface area contributed by atoms with Crippen molar-refractivity contribution < 1.29 is 20.1 Å². The van der Waals surface area contributed by atoms with Gasteiger partial charge in [0, 0.05) is 0 Å². The molecule has 0 bridgehead atoms. The molecule has 0 aliphatic rings. The van der Waals surface area contributed by atoms with E-state index < -0.39 is 24.2 Å². The van der Waals surface area contributed by atoms with Crippen LogP contribution in [0.4, 0.5) is 0 Å². The first-order chi connectivity index (χ1) is 35.1. The first-order valence-electron chi connectivity index (χ1n) is 32.3. The molecule has 71 heavy (non-hydrogen) atoms. The zero-order chi connectivity index (χ0) is 51.4. The average molecular weight is 999 g/mol. The van der Waals surface area contributed by atoms with Crippen molar-refractivity contribution in [1.82, 2.24) is 5.32 Å². The van der Waals surface area contributed by atoms with Crippen LogP contribution in [0.3, 0.4) is 0 Å². The van der Waals surface area contributed by atoms with E-state index >= 15 is 0 Å². The molecule has 0 aliphatic heterocycles. The molecule has 0 aromatic carbocycles. The van der Waals surface area contributed by atoms with Crippen molar-refractivity contribution in [3.63, 3.8) is 0 Å². The molecule has 0 aromatic heterocycles. The Morgan fingerprint density at radius 3 is 0.859 bits per heavy atom. The van der Waals surface area contributed by atoms with E-state index in [-0.39, 0.29) is 6.61 Å². The zero-order valence-corrected chi connectivity index (χ0v) is 48.1. The lowest BCUT2D eigenvalue weighted by Gasteiger charge is -2.21. The van der Waals surface area contributed by atoms with Crippen molar-refractivity contribution in [2.45, 2.75) is 372 Å². The fourth-order valence-corrected chi connectivity index (χ4v) is 10.2. The number of aliphatic hydroxyl groups excluding tert-OH is 3. The molecular weight excluding hydrogens is 871 g/mol. The van der Waals surface area contributed by atoms with Crippen LogP contribution in [0.2, 0.25) is 0 Å². The molecule has 5 heteroatoms. The van der Waals surface area contributed by atoms with Gasteiger partial charge in [-0.25, -0.2) is 0 Å². The maximum Gasteiger partial charge on any atom is 0.249 e. The molecule has 420 valence electrons. The van der Waals surface area contributed by atoms with Gasteiger partial charge in [-0.2, -0.15) is 0 Å². The summed E-state index contributed by atoms with van der Waals surface area (Å²) in [6.07, 6.45) is 81.2. The maximum atomic E-state index is 12.6. The predicted molar refractivity (Wildman–Crippen MR) is 314 cm³/mol. The molecule has 3 atom stereocenters. The number of unbranched alkanes of at least 4 members (excludes halogenated alkanes) is 48. The van der Waals surface area contributed by atoms with Gasteiger partial charge in [0.05, 0.1) is 18.8 Å². The number of hydrogen-bond acceptors (Lipinski definition) is 4. The van der Waals surface area contributed by atoms with Crippen LogP contribution >= 0.6 is 0 Å². The molecule has 0 saturated carbocycles. The smallest absolute Gasteiger partial charge is 0.249 e. The van der Waals surface area contributed by atoms with E-state index in [4.69, 9.17) is 0 Å². The fraction of sp³-hybridized carbons (Fsp3) is 0.894. The summed E-state index contributed by atoms with van der Waals surface area (Å²) in [6.45, 7) is 4.22. The van der Waals surface area contributed by atoms with Crippen molar-refractivity contribution in [2.24, 2.45) is 0 Å². The first kappa shape index (κ1) is 69.6. The van der Waals surface area contributed by atoms with Gasteiger partial charge in [-0.05, 0) is 57.8 Å². The summed E-state index contributed by atoms with van der Waals surface area (Å²) < 4.78 is 0. The quantitative estimate of drug-likeness (QED) is 0.0361. The second-order valence-corrected chi connectivity index (χ2v) is 22.3. The van der Waals surface area contributed by atoms with Crippen LogP contribution < -0.4 is 5.32 Å². The standard InChI is InChI=1S/C66H127NO4/c1-3-5-7-9-11-13-15-17-19-21-23-25-27-29-30-31-32-33-34-35-37-39-41-43-45-47-49-51-53-55-57-59-61-65(70)66(71)67-63(62-68)64(69)60-58-56-54-52-50-48-46-44-42-40-38-36-28-26-24-22-20-18-16-14-12-10-8-6-4-2/h29-30,50,52,58,60,63-65,68-70H,3-28,31-49,51,53-57,59,61-62H2,1-2H3,(H,67,71)/b30-29-,52-50+,60-58+. The second-order valence-electron chi connectivity index (χ2n) is 22.3. The largest absolute Gasteiger partial charge is 0.394 e. The van der Waals surface area contributed by atoms with Crippen LogP contribution in [0.5, 0.6) is 0 Å². The van der Waals surface area contributed by atoms with Crippen LogP contribution in [-0.2, 0) is 4.79 Å². The van der Waals surface area contributed by atoms with Gasteiger partial charge in [0.2, 0.25) is 5.91 Å². The third-order valence-electron chi connectivity index (χ3n) is 15.2. The molecule has 0 rings (SSSR count). The molecule has 0 spiro atoms. The van der Waals surface area contributed by atoms with Crippen molar-refractivity contribution in [1.29, 1.82) is 0 Å². The zero-order valence-electron chi connectivity index (χ0n) is 48.1. The van der Waals surface area contributed by atoms with Crippen molar-refractivity contribution >= 4 is 5.91 Å². The summed E-state index contributed by atoms with van der Waals surface area (Å²) in [4.78, 5) is 12.6. The lowest BCUT2D eigenvalue weighted by Crippen LogP contribution is -2.48. The number of amides is 1. The molecule has 1 amide bonds. The number of rotatable bonds is 60. The van der Waals surface area contributed by atoms with E-state index in [0.29, 0.717) is 6.42 Å². The molecular formula is C66H127NO4. The number of aliphatic hydroxyl groups is 3. The van der Waals surface area contributed by atoms with Crippen molar-refractivity contribution in [2.75, 3.05) is 6.61 Å². The van der Waals surface area contributed by atoms with Gasteiger partial charge in [-0.3, -0.25) is 4.79 Å². The summed E-state index contributed by atoms with van der Waals surface area (Å²) in [7, 11) is 0. The Kier molecular flexibility index (Phi) is 59.9. The predicted octanol–water partition coefficient (Wildman–Crippen LogP) is 20.6. The van der Waals surface area contributed by atoms with E-state index in [1.807, 2.05) is 6.08 Å². The number of carbonyl (C=O) groups excluding carboxylic acids is 1. The lowest BCUT2D eigenvalue weighted by molar-refractivity contribution is -0.131. The molecule has 3 unspecified atom stereocenters. The number of nitrogens with one attached hydrogen (secondary N) is 1. The molecule has 0 heterocycles. The molecule has 0 aliphatic carbocycles. The van der Waals surface area contributed by atoms with Gasteiger partial charge < -0.3 is 20.6 Å². The molecule has 0 radical (unpaired) electrons. The molecule has 5 nitrogen and oxygen atoms in total. The van der Waals surface area contributed by atoms with E-state index in [2.05, 4.69) is 43.5 Å². The highest BCUT2D eigenvalue weighted by Gasteiger charge is 2.22. The summed E-state index contributed by atoms with van der Waals surface area (Å²) in [5.74, 6) is -0.507. The highest BCUT2D eigenvalue weighted by Crippen LogP contribution is 2.18. The minimum absolute atomic E-state index is 0.374. The summed E-state index contributed by atoms with van der Waals surface area (Å²) >= 11 is 0. The van der Waals surface area contributed by atoms with Gasteiger partial charge in [0.15, 0.2) is 0 Å². The van der Waals surface area contributed by atoms with Crippen molar-refractivity contribution in [3.8, 4) is 0 Å². The second kappa shape index (κ2) is 61.1. The topological polar surface area (TPSA) is 89.8 Å². The summed E-state index contributed by atoms with van der Waals surface area (Å²) in [5.41, 5.74) is 0. The lowest BCUT2D eigenvalue weighted by atomic mass is 10.0. The van der Waals surface area contributed by atoms with E-state index in [1.54, 1.807) is 6.08 Å². The van der Waals surface area contributed by atoms with Gasteiger partial charge in [0.25, 0.3) is 0 Å². The molecule has 4 N–H and O–H groups in total. The van der Waals surface area contributed by atoms with Crippen LogP contribution in [0.15, 0.2) is 36.5 Å². The highest BCUT2D eigenvalue weighted by molar-refractivity contribution is 5.80. The average Bonchev–Trinajstić information content (AvgIpc) is 3.38. The highest BCUT2D eigenvalue weighted by atomic mass is 16.3. The van der Waals surface area contributed by atoms with Crippen LogP contribution in [-0.4, -0.2) is 46.1 Å². The summed E-state index contributed by atoms with van der Waals surface area (Å²) in [5, 5.41) is 33.5. The van der Waals surface area contributed by atoms with Crippen LogP contribution in [0, 0.1) is 0 Å². The SMILES string of the molecule is CCCCCCCCCCCCCC/C=C\CCCCCCCCCCCCCCCCCCC(O)C(=O)NC(CO)C(O)/C=C/CC/C=C/CCCCCCCCCCCCCCCCCCCCC. The third-order valence-corrected chi connectivity index (χ3v) is 15.2. The number of hydrogen-bond donors (Lipinski definition) is 4. The minimum atomic E-state index is -1.11.